The molecule has 2 aliphatic carbocycles. The molecule has 2 aromatic rings. The molecule has 108 valence electrons. The highest BCUT2D eigenvalue weighted by molar-refractivity contribution is 5.99. The third-order valence-electron chi connectivity index (χ3n) is 4.96. The van der Waals surface area contributed by atoms with E-state index in [1.807, 2.05) is 30.5 Å². The fraction of sp³-hybridized carbons (Fsp3) is 0.412. The number of benzene rings is 1. The van der Waals surface area contributed by atoms with Crippen molar-refractivity contribution in [2.45, 2.75) is 25.7 Å². The number of carbonyl (C=O) groups is 1. The molecular formula is C17H19N3O. The van der Waals surface area contributed by atoms with Gasteiger partial charge in [0.05, 0.1) is 6.21 Å². The Morgan fingerprint density at radius 1 is 1.24 bits per heavy atom. The lowest BCUT2D eigenvalue weighted by Gasteiger charge is -2.04. The first kappa shape index (κ1) is 12.6. The van der Waals surface area contributed by atoms with E-state index in [0.29, 0.717) is 11.8 Å². The zero-order valence-electron chi connectivity index (χ0n) is 11.9. The minimum atomic E-state index is 0.1000. The van der Waals surface area contributed by atoms with Gasteiger partial charge in [-0.1, -0.05) is 31.0 Å². The van der Waals surface area contributed by atoms with Gasteiger partial charge in [-0.05, 0) is 30.7 Å². The molecule has 0 saturated heterocycles. The van der Waals surface area contributed by atoms with Crippen LogP contribution in [0, 0.1) is 17.8 Å². The molecule has 1 aromatic heterocycles. The summed E-state index contributed by atoms with van der Waals surface area (Å²) in [5.74, 6) is 1.57. The van der Waals surface area contributed by atoms with Gasteiger partial charge in [-0.3, -0.25) is 4.79 Å². The summed E-state index contributed by atoms with van der Waals surface area (Å²) in [5.41, 5.74) is 4.80. The van der Waals surface area contributed by atoms with E-state index in [0.717, 1.165) is 16.5 Å². The number of para-hydroxylation sites is 1. The van der Waals surface area contributed by atoms with Crippen LogP contribution in [0.4, 0.5) is 0 Å². The fourth-order valence-electron chi connectivity index (χ4n) is 3.82. The Hall–Kier alpha value is -2.10. The number of hydrazone groups is 1. The second-order valence-electron chi connectivity index (χ2n) is 6.16. The number of nitrogens with zero attached hydrogens (tertiary/aromatic N) is 1. The second-order valence-corrected chi connectivity index (χ2v) is 6.16. The average molecular weight is 281 g/mol. The maximum absolute atomic E-state index is 12.1. The Morgan fingerprint density at radius 2 is 2.00 bits per heavy atom. The van der Waals surface area contributed by atoms with Crippen molar-refractivity contribution >= 4 is 23.0 Å². The van der Waals surface area contributed by atoms with Gasteiger partial charge >= 0.3 is 0 Å². The van der Waals surface area contributed by atoms with Gasteiger partial charge in [0.1, 0.15) is 0 Å². The molecule has 2 fully saturated rings. The number of carbonyl (C=O) groups excluding carboxylic acids is 1. The van der Waals surface area contributed by atoms with Crippen LogP contribution in [0.2, 0.25) is 0 Å². The average Bonchev–Trinajstić information content (AvgIpc) is 3.12. The second kappa shape index (κ2) is 5.02. The molecule has 1 heterocycles. The van der Waals surface area contributed by atoms with Crippen LogP contribution in [-0.4, -0.2) is 17.1 Å². The minimum absolute atomic E-state index is 0.1000. The highest BCUT2D eigenvalue weighted by Crippen LogP contribution is 2.55. The quantitative estimate of drug-likeness (QED) is 0.659. The van der Waals surface area contributed by atoms with Crippen LogP contribution < -0.4 is 5.43 Å². The summed E-state index contributed by atoms with van der Waals surface area (Å²) in [5, 5.41) is 5.26. The van der Waals surface area contributed by atoms with Crippen molar-refractivity contribution in [2.24, 2.45) is 22.9 Å². The molecule has 4 rings (SSSR count). The zero-order valence-corrected chi connectivity index (χ0v) is 11.9. The summed E-state index contributed by atoms with van der Waals surface area (Å²) in [6.07, 6.45) is 8.64. The first-order valence-electron chi connectivity index (χ1n) is 7.73. The van der Waals surface area contributed by atoms with E-state index >= 15 is 0 Å². The van der Waals surface area contributed by atoms with Crippen molar-refractivity contribution in [3.8, 4) is 0 Å². The summed E-state index contributed by atoms with van der Waals surface area (Å²) in [7, 11) is 0. The fourth-order valence-corrected chi connectivity index (χ4v) is 3.82. The molecule has 4 heteroatoms. The van der Waals surface area contributed by atoms with E-state index in [1.165, 1.54) is 25.7 Å². The SMILES string of the molecule is O=C(N/N=C\c1c[nH]c2ccccc12)C1[C@@H]2CCCC[C@@H]12. The van der Waals surface area contributed by atoms with Crippen molar-refractivity contribution < 1.29 is 4.79 Å². The lowest BCUT2D eigenvalue weighted by Crippen LogP contribution is -2.20. The molecule has 0 spiro atoms. The Morgan fingerprint density at radius 3 is 2.81 bits per heavy atom. The highest BCUT2D eigenvalue weighted by Gasteiger charge is 2.54. The molecule has 0 aliphatic heterocycles. The third-order valence-corrected chi connectivity index (χ3v) is 4.96. The monoisotopic (exact) mass is 281 g/mol. The van der Waals surface area contributed by atoms with Crippen molar-refractivity contribution in [3.63, 3.8) is 0 Å². The van der Waals surface area contributed by atoms with E-state index in [4.69, 9.17) is 0 Å². The number of amides is 1. The lowest BCUT2D eigenvalue weighted by atomic mass is 10.0. The minimum Gasteiger partial charge on any atom is -0.361 e. The van der Waals surface area contributed by atoms with Crippen LogP contribution in [0.3, 0.4) is 0 Å². The highest BCUT2D eigenvalue weighted by atomic mass is 16.2. The molecule has 4 nitrogen and oxygen atoms in total. The number of aromatic amines is 1. The Balaban J connectivity index is 1.41. The molecule has 1 aromatic carbocycles. The Bertz CT molecular complexity index is 691. The van der Waals surface area contributed by atoms with Gasteiger partial charge in [0.15, 0.2) is 0 Å². The Labute approximate surface area is 123 Å². The van der Waals surface area contributed by atoms with Crippen LogP contribution in [0.1, 0.15) is 31.2 Å². The molecule has 2 aliphatic rings. The number of hydrogen-bond donors (Lipinski definition) is 2. The third kappa shape index (κ3) is 2.24. The number of fused-ring (bicyclic) bond motifs is 2. The number of H-pyrrole nitrogens is 1. The maximum atomic E-state index is 12.1. The van der Waals surface area contributed by atoms with Gasteiger partial charge in [-0.15, -0.1) is 0 Å². The summed E-state index contributed by atoms with van der Waals surface area (Å²) in [6.45, 7) is 0. The van der Waals surface area contributed by atoms with E-state index in [1.54, 1.807) is 6.21 Å². The van der Waals surface area contributed by atoms with E-state index in [2.05, 4.69) is 15.5 Å². The Kier molecular flexibility index (Phi) is 3.02. The predicted molar refractivity (Wildman–Crippen MR) is 83.0 cm³/mol. The first-order chi connectivity index (χ1) is 10.3. The summed E-state index contributed by atoms with van der Waals surface area (Å²) in [6, 6.07) is 8.07. The van der Waals surface area contributed by atoms with Crippen LogP contribution in [0.5, 0.6) is 0 Å². The topological polar surface area (TPSA) is 57.2 Å². The molecule has 2 atom stereocenters. The normalized spacial score (nSPS) is 27.7. The van der Waals surface area contributed by atoms with E-state index in [9.17, 15) is 4.79 Å². The summed E-state index contributed by atoms with van der Waals surface area (Å²) in [4.78, 5) is 15.3. The smallest absolute Gasteiger partial charge is 0.243 e. The van der Waals surface area contributed by atoms with Crippen LogP contribution in [0.15, 0.2) is 35.6 Å². The van der Waals surface area contributed by atoms with Crippen molar-refractivity contribution in [3.05, 3.63) is 36.0 Å². The zero-order chi connectivity index (χ0) is 14.2. The summed E-state index contributed by atoms with van der Waals surface area (Å²) >= 11 is 0. The molecular weight excluding hydrogens is 262 g/mol. The lowest BCUT2D eigenvalue weighted by molar-refractivity contribution is -0.122. The summed E-state index contributed by atoms with van der Waals surface area (Å²) < 4.78 is 0. The van der Waals surface area contributed by atoms with Crippen LogP contribution in [-0.2, 0) is 4.79 Å². The number of hydrogen-bond acceptors (Lipinski definition) is 2. The molecule has 0 bridgehead atoms. The maximum Gasteiger partial charge on any atom is 0.243 e. The van der Waals surface area contributed by atoms with Gasteiger partial charge in [-0.25, -0.2) is 5.43 Å². The molecule has 1 amide bonds. The number of aromatic nitrogens is 1. The van der Waals surface area contributed by atoms with Gasteiger partial charge in [0.25, 0.3) is 0 Å². The van der Waals surface area contributed by atoms with Gasteiger partial charge in [0, 0.05) is 28.6 Å². The molecule has 0 radical (unpaired) electrons. The number of nitrogens with one attached hydrogen (secondary N) is 2. The van der Waals surface area contributed by atoms with Gasteiger partial charge in [0.2, 0.25) is 5.91 Å². The van der Waals surface area contributed by atoms with E-state index < -0.39 is 0 Å². The van der Waals surface area contributed by atoms with Crippen molar-refractivity contribution in [1.29, 1.82) is 0 Å². The largest absolute Gasteiger partial charge is 0.361 e. The van der Waals surface area contributed by atoms with E-state index in [-0.39, 0.29) is 11.8 Å². The van der Waals surface area contributed by atoms with Gasteiger partial charge in [-0.2, -0.15) is 5.10 Å². The van der Waals surface area contributed by atoms with Crippen LogP contribution >= 0.6 is 0 Å². The molecule has 2 N–H and O–H groups in total. The molecule has 0 unspecified atom stereocenters. The van der Waals surface area contributed by atoms with Gasteiger partial charge < -0.3 is 4.98 Å². The number of rotatable bonds is 3. The first-order valence-corrected chi connectivity index (χ1v) is 7.73. The standard InChI is InChI=1S/C17H19N3O/c21-17(16-13-6-1-2-7-14(13)16)20-19-10-11-9-18-15-8-4-3-5-12(11)15/h3-5,8-10,13-14,16,18H,1-2,6-7H2,(H,20,21)/b19-10-/t13-,14-/m1/s1. The van der Waals surface area contributed by atoms with Crippen LogP contribution in [0.25, 0.3) is 10.9 Å². The molecule has 2 saturated carbocycles. The van der Waals surface area contributed by atoms with Crippen molar-refractivity contribution in [2.75, 3.05) is 0 Å². The predicted octanol–water partition coefficient (Wildman–Crippen LogP) is 3.05. The van der Waals surface area contributed by atoms with Crippen molar-refractivity contribution in [1.82, 2.24) is 10.4 Å². The molecule has 21 heavy (non-hydrogen) atoms.